The second-order valence-corrected chi connectivity index (χ2v) is 6.58. The molecular formula is C20H20N2O4. The van der Waals surface area contributed by atoms with Crippen molar-refractivity contribution < 1.29 is 14.4 Å². The minimum Gasteiger partial charge on any atom is -0.497 e. The van der Waals surface area contributed by atoms with E-state index in [-0.39, 0.29) is 28.5 Å². The maximum absolute atomic E-state index is 11.6. The predicted octanol–water partition coefficient (Wildman–Crippen LogP) is 4.44. The molecule has 0 aromatic heterocycles. The van der Waals surface area contributed by atoms with Crippen molar-refractivity contribution in [3.8, 4) is 11.5 Å². The molecular weight excluding hydrogens is 332 g/mol. The molecule has 0 spiro atoms. The number of rotatable bonds is 4. The van der Waals surface area contributed by atoms with Crippen LogP contribution in [0.15, 0.2) is 48.6 Å². The van der Waals surface area contributed by atoms with E-state index in [9.17, 15) is 10.1 Å². The Kier molecular flexibility index (Phi) is 4.03. The molecule has 0 amide bonds. The molecule has 0 saturated heterocycles. The van der Waals surface area contributed by atoms with Crippen molar-refractivity contribution in [3.63, 3.8) is 0 Å². The van der Waals surface area contributed by atoms with Crippen LogP contribution in [0.2, 0.25) is 0 Å². The number of anilines is 1. The number of ether oxygens (including phenoxy) is 2. The fraction of sp³-hybridized carbons (Fsp3) is 0.300. The first kappa shape index (κ1) is 16.4. The van der Waals surface area contributed by atoms with Gasteiger partial charge in [-0.1, -0.05) is 24.3 Å². The van der Waals surface area contributed by atoms with Gasteiger partial charge in [0.25, 0.3) is 5.69 Å². The Morgan fingerprint density at radius 2 is 2.04 bits per heavy atom. The summed E-state index contributed by atoms with van der Waals surface area (Å²) in [6, 6.07) is 11.2. The highest BCUT2D eigenvalue weighted by Crippen LogP contribution is 2.55. The molecule has 2 aliphatic rings. The summed E-state index contributed by atoms with van der Waals surface area (Å²) in [4.78, 5) is 11.3. The Balaban J connectivity index is 1.87. The first-order valence-electron chi connectivity index (χ1n) is 8.56. The Bertz CT molecular complexity index is 893. The van der Waals surface area contributed by atoms with Crippen molar-refractivity contribution in [2.24, 2.45) is 5.92 Å². The van der Waals surface area contributed by atoms with Crippen LogP contribution in [0.1, 0.15) is 29.5 Å². The molecule has 2 aromatic carbocycles. The zero-order valence-electron chi connectivity index (χ0n) is 14.6. The number of allylic oxidation sites excluding steroid dienone is 2. The van der Waals surface area contributed by atoms with Crippen LogP contribution in [0.4, 0.5) is 11.4 Å². The van der Waals surface area contributed by atoms with E-state index in [4.69, 9.17) is 9.47 Å². The van der Waals surface area contributed by atoms with Crippen molar-refractivity contribution in [1.29, 1.82) is 0 Å². The van der Waals surface area contributed by atoms with Crippen LogP contribution in [0.5, 0.6) is 11.5 Å². The van der Waals surface area contributed by atoms with Gasteiger partial charge < -0.3 is 14.8 Å². The number of nitrogens with zero attached hydrogens (tertiary/aromatic N) is 1. The normalized spacial score (nSPS) is 22.9. The summed E-state index contributed by atoms with van der Waals surface area (Å²) in [5, 5.41) is 15.1. The van der Waals surface area contributed by atoms with Crippen molar-refractivity contribution >= 4 is 11.4 Å². The molecule has 3 atom stereocenters. The summed E-state index contributed by atoms with van der Waals surface area (Å²) in [6.45, 7) is 0. The Hall–Kier alpha value is -3.02. The Labute approximate surface area is 151 Å². The Morgan fingerprint density at radius 1 is 1.19 bits per heavy atom. The van der Waals surface area contributed by atoms with Gasteiger partial charge in [0.05, 0.1) is 36.4 Å². The van der Waals surface area contributed by atoms with Gasteiger partial charge in [0.1, 0.15) is 11.5 Å². The molecule has 6 heteroatoms. The number of nitro benzene ring substituents is 1. The molecule has 26 heavy (non-hydrogen) atoms. The number of hydrogen-bond donors (Lipinski definition) is 1. The highest BCUT2D eigenvalue weighted by molar-refractivity contribution is 5.73. The van der Waals surface area contributed by atoms with Gasteiger partial charge >= 0.3 is 0 Å². The standard InChI is InChI=1S/C20H20N2O4/c1-25-13-6-3-5-12(11-13)19-15-8-4-7-14(15)18-16(22(23)24)9-10-17(26-2)20(18)21-19/h3-7,9-11,14-15,19,21H,8H2,1-2H3/t14-,15-,19+/m1/s1. The molecule has 6 nitrogen and oxygen atoms in total. The molecule has 4 rings (SSSR count). The number of nitrogens with one attached hydrogen (secondary N) is 1. The highest BCUT2D eigenvalue weighted by atomic mass is 16.6. The SMILES string of the molecule is COc1cccc([C@@H]2Nc3c(OC)ccc([N+](=O)[O-])c3[C@@H]3C=CC[C@H]32)c1. The number of methoxy groups -OCH3 is 2. The quantitative estimate of drug-likeness (QED) is 0.500. The van der Waals surface area contributed by atoms with E-state index in [1.165, 1.54) is 6.07 Å². The van der Waals surface area contributed by atoms with Crippen LogP contribution in [0, 0.1) is 16.0 Å². The van der Waals surface area contributed by atoms with Crippen LogP contribution in [-0.4, -0.2) is 19.1 Å². The van der Waals surface area contributed by atoms with Gasteiger partial charge in [-0.2, -0.15) is 0 Å². The van der Waals surface area contributed by atoms with E-state index in [1.54, 1.807) is 20.3 Å². The first-order valence-corrected chi connectivity index (χ1v) is 8.56. The fourth-order valence-corrected chi connectivity index (χ4v) is 4.16. The van der Waals surface area contributed by atoms with Crippen molar-refractivity contribution in [3.05, 3.63) is 69.8 Å². The van der Waals surface area contributed by atoms with Gasteiger partial charge in [0.15, 0.2) is 0 Å². The molecule has 134 valence electrons. The van der Waals surface area contributed by atoms with Gasteiger partial charge in [0, 0.05) is 12.0 Å². The second kappa shape index (κ2) is 6.37. The van der Waals surface area contributed by atoms with E-state index < -0.39 is 0 Å². The van der Waals surface area contributed by atoms with Gasteiger partial charge in [-0.05, 0) is 36.1 Å². The zero-order valence-corrected chi connectivity index (χ0v) is 14.6. The minimum atomic E-state index is -0.310. The third kappa shape index (κ3) is 2.49. The molecule has 1 heterocycles. The average molecular weight is 352 g/mol. The molecule has 0 saturated carbocycles. The first-order chi connectivity index (χ1) is 12.6. The third-order valence-corrected chi connectivity index (χ3v) is 5.33. The van der Waals surface area contributed by atoms with Crippen LogP contribution in [0.25, 0.3) is 0 Å². The lowest BCUT2D eigenvalue weighted by molar-refractivity contribution is -0.385. The molecule has 1 N–H and O–H groups in total. The topological polar surface area (TPSA) is 73.6 Å². The maximum atomic E-state index is 11.6. The largest absolute Gasteiger partial charge is 0.497 e. The third-order valence-electron chi connectivity index (χ3n) is 5.33. The molecule has 1 aliphatic heterocycles. The van der Waals surface area contributed by atoms with E-state index in [0.29, 0.717) is 17.0 Å². The molecule has 0 bridgehead atoms. The summed E-state index contributed by atoms with van der Waals surface area (Å²) < 4.78 is 10.9. The highest BCUT2D eigenvalue weighted by Gasteiger charge is 2.42. The summed E-state index contributed by atoms with van der Waals surface area (Å²) in [5.41, 5.74) is 2.66. The molecule has 2 aromatic rings. The van der Waals surface area contributed by atoms with Crippen LogP contribution in [-0.2, 0) is 0 Å². The lowest BCUT2D eigenvalue weighted by Gasteiger charge is -2.37. The molecule has 0 radical (unpaired) electrons. The molecule has 1 aliphatic carbocycles. The summed E-state index contributed by atoms with van der Waals surface area (Å²) >= 11 is 0. The Morgan fingerprint density at radius 3 is 2.77 bits per heavy atom. The number of hydrogen-bond acceptors (Lipinski definition) is 5. The van der Waals surface area contributed by atoms with E-state index >= 15 is 0 Å². The van der Waals surface area contributed by atoms with Crippen LogP contribution in [0.3, 0.4) is 0 Å². The second-order valence-electron chi connectivity index (χ2n) is 6.58. The van der Waals surface area contributed by atoms with E-state index in [1.807, 2.05) is 18.2 Å². The number of benzene rings is 2. The fourth-order valence-electron chi connectivity index (χ4n) is 4.16. The van der Waals surface area contributed by atoms with Crippen molar-refractivity contribution in [2.45, 2.75) is 18.4 Å². The van der Waals surface area contributed by atoms with Gasteiger partial charge in [-0.3, -0.25) is 10.1 Å². The molecule has 0 fully saturated rings. The van der Waals surface area contributed by atoms with E-state index in [2.05, 4.69) is 23.5 Å². The molecule has 0 unspecified atom stereocenters. The summed E-state index contributed by atoms with van der Waals surface area (Å²) in [5.74, 6) is 1.61. The smallest absolute Gasteiger partial charge is 0.275 e. The maximum Gasteiger partial charge on any atom is 0.275 e. The van der Waals surface area contributed by atoms with Gasteiger partial charge in [0.2, 0.25) is 0 Å². The number of nitro groups is 1. The van der Waals surface area contributed by atoms with Crippen molar-refractivity contribution in [2.75, 3.05) is 19.5 Å². The predicted molar refractivity (Wildman–Crippen MR) is 99.0 cm³/mol. The van der Waals surface area contributed by atoms with Crippen molar-refractivity contribution in [1.82, 2.24) is 0 Å². The average Bonchev–Trinajstić information content (AvgIpc) is 3.16. The van der Waals surface area contributed by atoms with Crippen LogP contribution < -0.4 is 14.8 Å². The summed E-state index contributed by atoms with van der Waals surface area (Å²) in [7, 11) is 3.23. The minimum absolute atomic E-state index is 0.0158. The zero-order chi connectivity index (χ0) is 18.3. The summed E-state index contributed by atoms with van der Waals surface area (Å²) in [6.07, 6.45) is 5.07. The van der Waals surface area contributed by atoms with E-state index in [0.717, 1.165) is 17.7 Å². The monoisotopic (exact) mass is 352 g/mol. The van der Waals surface area contributed by atoms with Gasteiger partial charge in [-0.15, -0.1) is 0 Å². The van der Waals surface area contributed by atoms with Crippen LogP contribution >= 0.6 is 0 Å². The van der Waals surface area contributed by atoms with Gasteiger partial charge in [-0.25, -0.2) is 0 Å². The number of fused-ring (bicyclic) bond motifs is 3. The lowest BCUT2D eigenvalue weighted by Crippen LogP contribution is -2.30. The lowest BCUT2D eigenvalue weighted by atomic mass is 9.76.